The molecule has 0 aromatic heterocycles. The number of amides is 2. The normalized spacial score (nSPS) is 18.3. The predicted octanol–water partition coefficient (Wildman–Crippen LogP) is 6.63. The molecule has 2 aromatic rings. The first-order valence-corrected chi connectivity index (χ1v) is 12.8. The minimum atomic E-state index is -0.327. The summed E-state index contributed by atoms with van der Waals surface area (Å²) in [6.07, 6.45) is 7.44. The summed E-state index contributed by atoms with van der Waals surface area (Å²) in [6, 6.07) is 10.1. The highest BCUT2D eigenvalue weighted by Crippen LogP contribution is 2.38. The number of carbonyl (C=O) groups excluding carboxylic acids is 2. The summed E-state index contributed by atoms with van der Waals surface area (Å²) >= 11 is 3.11. The Morgan fingerprint density at radius 3 is 2.67 bits per heavy atom. The Kier molecular flexibility index (Phi) is 7.95. The molecule has 2 amide bonds. The van der Waals surface area contributed by atoms with E-state index >= 15 is 0 Å². The molecule has 0 radical (unpaired) electrons. The van der Waals surface area contributed by atoms with Gasteiger partial charge in [-0.2, -0.15) is 0 Å². The molecule has 8 heteroatoms. The Hall–Kier alpha value is -2.07. The first-order chi connectivity index (χ1) is 16.0. The fraction of sp³-hybridized carbons (Fsp3) is 0.360. The van der Waals surface area contributed by atoms with Crippen LogP contribution < -0.4 is 9.47 Å². The lowest BCUT2D eigenvalue weighted by Crippen LogP contribution is -2.34. The molecule has 1 saturated heterocycles. The molecule has 1 heterocycles. The van der Waals surface area contributed by atoms with Gasteiger partial charge in [0.15, 0.2) is 11.5 Å². The van der Waals surface area contributed by atoms with Crippen molar-refractivity contribution in [3.8, 4) is 11.5 Å². The van der Waals surface area contributed by atoms with Crippen molar-refractivity contribution in [3.05, 3.63) is 61.8 Å². The van der Waals surface area contributed by atoms with E-state index in [1.807, 2.05) is 6.07 Å². The number of benzene rings is 2. The summed E-state index contributed by atoms with van der Waals surface area (Å²) in [5, 5.41) is -0.205. The van der Waals surface area contributed by atoms with E-state index in [0.29, 0.717) is 34.4 Å². The van der Waals surface area contributed by atoms with Gasteiger partial charge in [-0.1, -0.05) is 37.5 Å². The van der Waals surface area contributed by atoms with Gasteiger partial charge < -0.3 is 9.47 Å². The van der Waals surface area contributed by atoms with Gasteiger partial charge in [-0.3, -0.25) is 14.5 Å². The molecule has 2 fully saturated rings. The zero-order chi connectivity index (χ0) is 23.4. The topological polar surface area (TPSA) is 55.8 Å². The van der Waals surface area contributed by atoms with Gasteiger partial charge in [0.1, 0.15) is 12.4 Å². The average Bonchev–Trinajstić information content (AvgIpc) is 3.07. The summed E-state index contributed by atoms with van der Waals surface area (Å²) in [5.74, 6) is 0.824. The summed E-state index contributed by atoms with van der Waals surface area (Å²) < 4.78 is 26.0. The first kappa shape index (κ1) is 24.1. The number of halogens is 2. The van der Waals surface area contributed by atoms with Crippen LogP contribution in [0.2, 0.25) is 0 Å². The second kappa shape index (κ2) is 10.9. The lowest BCUT2D eigenvalue weighted by molar-refractivity contribution is -0.123. The number of nitrogens with zero attached hydrogens (tertiary/aromatic N) is 1. The SMILES string of the molecule is COc1cc(/C=C2/SC(=O)N(CC3CCCCC3)C2=O)cc(I)c1OCc1ccccc1F. The van der Waals surface area contributed by atoms with Crippen LogP contribution in [0.3, 0.4) is 0 Å². The van der Waals surface area contributed by atoms with E-state index in [4.69, 9.17) is 9.47 Å². The van der Waals surface area contributed by atoms with Crippen LogP contribution in [0.25, 0.3) is 6.08 Å². The molecule has 2 aliphatic rings. The van der Waals surface area contributed by atoms with Gasteiger partial charge in [0, 0.05) is 12.1 Å². The van der Waals surface area contributed by atoms with Gasteiger partial charge in [0.25, 0.3) is 11.1 Å². The molecule has 5 nitrogen and oxygen atoms in total. The highest BCUT2D eigenvalue weighted by molar-refractivity contribution is 14.1. The molecule has 1 aliphatic carbocycles. The third kappa shape index (κ3) is 5.71. The molecular weight excluding hydrogens is 556 g/mol. The van der Waals surface area contributed by atoms with Gasteiger partial charge in [0.05, 0.1) is 15.6 Å². The molecule has 33 heavy (non-hydrogen) atoms. The number of imide groups is 1. The zero-order valence-corrected chi connectivity index (χ0v) is 21.3. The first-order valence-electron chi connectivity index (χ1n) is 11.0. The summed E-state index contributed by atoms with van der Waals surface area (Å²) in [7, 11) is 1.53. The second-order valence-electron chi connectivity index (χ2n) is 8.21. The third-order valence-corrected chi connectivity index (χ3v) is 7.63. The molecule has 0 bridgehead atoms. The number of hydrogen-bond acceptors (Lipinski definition) is 5. The molecule has 0 N–H and O–H groups in total. The van der Waals surface area contributed by atoms with Crippen LogP contribution in [0.15, 0.2) is 41.3 Å². The van der Waals surface area contributed by atoms with E-state index in [1.54, 1.807) is 30.3 Å². The van der Waals surface area contributed by atoms with Crippen molar-refractivity contribution in [2.24, 2.45) is 5.92 Å². The van der Waals surface area contributed by atoms with Crippen molar-refractivity contribution >= 4 is 51.6 Å². The fourth-order valence-corrected chi connectivity index (χ4v) is 5.79. The van der Waals surface area contributed by atoms with Crippen molar-refractivity contribution in [1.29, 1.82) is 0 Å². The van der Waals surface area contributed by atoms with Crippen molar-refractivity contribution in [1.82, 2.24) is 4.90 Å². The van der Waals surface area contributed by atoms with Crippen LogP contribution in [0.4, 0.5) is 9.18 Å². The number of thioether (sulfide) groups is 1. The number of methoxy groups -OCH3 is 1. The monoisotopic (exact) mass is 581 g/mol. The molecule has 1 saturated carbocycles. The Bertz CT molecular complexity index is 1080. The van der Waals surface area contributed by atoms with Crippen molar-refractivity contribution in [2.75, 3.05) is 13.7 Å². The van der Waals surface area contributed by atoms with Gasteiger partial charge in [-0.15, -0.1) is 0 Å². The summed E-state index contributed by atoms with van der Waals surface area (Å²) in [5.41, 5.74) is 1.18. The van der Waals surface area contributed by atoms with Gasteiger partial charge in [0.2, 0.25) is 0 Å². The maximum absolute atomic E-state index is 13.9. The maximum Gasteiger partial charge on any atom is 0.293 e. The molecular formula is C25H25FINO4S. The lowest BCUT2D eigenvalue weighted by Gasteiger charge is -2.25. The lowest BCUT2D eigenvalue weighted by atomic mass is 9.89. The van der Waals surface area contributed by atoms with Crippen LogP contribution in [0.1, 0.15) is 43.2 Å². The average molecular weight is 581 g/mol. The van der Waals surface area contributed by atoms with Gasteiger partial charge in [-0.05, 0) is 83.0 Å². The minimum Gasteiger partial charge on any atom is -0.493 e. The van der Waals surface area contributed by atoms with E-state index in [2.05, 4.69) is 22.6 Å². The summed E-state index contributed by atoms with van der Waals surface area (Å²) in [6.45, 7) is 0.574. The van der Waals surface area contributed by atoms with Crippen molar-refractivity contribution < 1.29 is 23.5 Å². The van der Waals surface area contributed by atoms with E-state index in [9.17, 15) is 14.0 Å². The highest BCUT2D eigenvalue weighted by atomic mass is 127. The maximum atomic E-state index is 13.9. The van der Waals surface area contributed by atoms with Gasteiger partial charge >= 0.3 is 0 Å². The highest BCUT2D eigenvalue weighted by Gasteiger charge is 2.36. The van der Waals surface area contributed by atoms with Crippen LogP contribution in [-0.4, -0.2) is 29.7 Å². The predicted molar refractivity (Wildman–Crippen MR) is 136 cm³/mol. The third-order valence-electron chi connectivity index (χ3n) is 5.92. The van der Waals surface area contributed by atoms with E-state index in [0.717, 1.165) is 33.7 Å². The number of rotatable bonds is 7. The van der Waals surface area contributed by atoms with Gasteiger partial charge in [-0.25, -0.2) is 4.39 Å². The Balaban J connectivity index is 1.50. The standard InChI is InChI=1S/C25H25FINO4S/c1-31-21-12-17(11-20(27)23(21)32-15-18-9-5-6-10-19(18)26)13-22-24(29)28(25(30)33-22)14-16-7-3-2-4-8-16/h5-6,9-13,16H,2-4,7-8,14-15H2,1H3/b22-13+. The van der Waals surface area contributed by atoms with Crippen LogP contribution in [-0.2, 0) is 11.4 Å². The van der Waals surface area contributed by atoms with Crippen LogP contribution in [0, 0.1) is 15.3 Å². The minimum absolute atomic E-state index is 0.0679. The van der Waals surface area contributed by atoms with E-state index < -0.39 is 0 Å². The van der Waals surface area contributed by atoms with Crippen molar-refractivity contribution in [3.63, 3.8) is 0 Å². The molecule has 0 atom stereocenters. The second-order valence-corrected chi connectivity index (χ2v) is 10.4. The Morgan fingerprint density at radius 1 is 1.18 bits per heavy atom. The smallest absolute Gasteiger partial charge is 0.293 e. The zero-order valence-electron chi connectivity index (χ0n) is 18.3. The molecule has 1 aliphatic heterocycles. The fourth-order valence-electron chi connectivity index (χ4n) is 4.17. The Labute approximate surface area is 210 Å². The van der Waals surface area contributed by atoms with Crippen LogP contribution in [0.5, 0.6) is 11.5 Å². The number of hydrogen-bond donors (Lipinski definition) is 0. The quantitative estimate of drug-likeness (QED) is 0.271. The largest absolute Gasteiger partial charge is 0.493 e. The molecule has 0 unspecified atom stereocenters. The molecule has 174 valence electrons. The van der Waals surface area contributed by atoms with Crippen molar-refractivity contribution in [2.45, 2.75) is 38.7 Å². The van der Waals surface area contributed by atoms with E-state index in [1.165, 1.54) is 37.3 Å². The van der Waals surface area contributed by atoms with Crippen LogP contribution >= 0.6 is 34.4 Å². The molecule has 4 rings (SSSR count). The number of ether oxygens (including phenoxy) is 2. The van der Waals surface area contributed by atoms with E-state index in [-0.39, 0.29) is 23.6 Å². The summed E-state index contributed by atoms with van der Waals surface area (Å²) in [4.78, 5) is 27.2. The number of carbonyl (C=O) groups is 2. The molecule has 2 aromatic carbocycles. The Morgan fingerprint density at radius 2 is 1.94 bits per heavy atom. The molecule has 0 spiro atoms.